The van der Waals surface area contributed by atoms with Crippen molar-refractivity contribution in [1.82, 2.24) is 20.3 Å². The maximum Gasteiger partial charge on any atom is 0.295 e. The van der Waals surface area contributed by atoms with Gasteiger partial charge in [0.1, 0.15) is 0 Å². The van der Waals surface area contributed by atoms with E-state index in [2.05, 4.69) is 25.6 Å². The Bertz CT molecular complexity index is 698. The average Bonchev–Trinajstić information content (AvgIpc) is 3.03. The Morgan fingerprint density at radius 1 is 1.17 bits per heavy atom. The molecule has 7 nitrogen and oxygen atoms in total. The Balaban J connectivity index is 1.51. The molecule has 0 aliphatic heterocycles. The molecule has 2 N–H and O–H groups in total. The highest BCUT2D eigenvalue weighted by Gasteiger charge is 2.17. The van der Waals surface area contributed by atoms with E-state index in [0.717, 1.165) is 12.8 Å². The molecule has 2 amide bonds. The van der Waals surface area contributed by atoms with E-state index in [1.165, 1.54) is 43.0 Å². The normalized spacial score (nSPS) is 15.0. The van der Waals surface area contributed by atoms with Crippen LogP contribution in [0.3, 0.4) is 0 Å². The fraction of sp³-hybridized carbons (Fsp3) is 0.438. The SMILES string of the molecule is O=C(Cc1csc(NC(=O)c2ncccn2)n1)NC1CCCCC1. The molecule has 2 aromatic rings. The predicted molar refractivity (Wildman–Crippen MR) is 90.8 cm³/mol. The van der Waals surface area contributed by atoms with E-state index in [0.29, 0.717) is 16.9 Å². The van der Waals surface area contributed by atoms with Crippen molar-refractivity contribution in [3.8, 4) is 0 Å². The highest BCUT2D eigenvalue weighted by atomic mass is 32.1. The van der Waals surface area contributed by atoms with Crippen molar-refractivity contribution in [3.05, 3.63) is 35.4 Å². The first-order chi connectivity index (χ1) is 11.7. The zero-order chi connectivity index (χ0) is 16.8. The quantitative estimate of drug-likeness (QED) is 0.866. The van der Waals surface area contributed by atoms with Crippen LogP contribution in [-0.4, -0.2) is 32.8 Å². The maximum atomic E-state index is 12.1. The molecule has 2 aromatic heterocycles. The van der Waals surface area contributed by atoms with Crippen LogP contribution in [0.25, 0.3) is 0 Å². The second-order valence-corrected chi connectivity index (χ2v) is 6.61. The number of aromatic nitrogens is 3. The summed E-state index contributed by atoms with van der Waals surface area (Å²) in [5.41, 5.74) is 0.651. The molecule has 3 rings (SSSR count). The van der Waals surface area contributed by atoms with Gasteiger partial charge in [0.25, 0.3) is 5.91 Å². The van der Waals surface area contributed by atoms with Crippen LogP contribution in [0.1, 0.15) is 48.4 Å². The lowest BCUT2D eigenvalue weighted by Crippen LogP contribution is -2.37. The molecule has 2 heterocycles. The number of rotatable bonds is 5. The second kappa shape index (κ2) is 7.96. The van der Waals surface area contributed by atoms with Crippen LogP contribution in [0.5, 0.6) is 0 Å². The van der Waals surface area contributed by atoms with Gasteiger partial charge in [0.2, 0.25) is 11.7 Å². The molecule has 0 aromatic carbocycles. The lowest BCUT2D eigenvalue weighted by molar-refractivity contribution is -0.121. The highest BCUT2D eigenvalue weighted by molar-refractivity contribution is 7.14. The van der Waals surface area contributed by atoms with E-state index >= 15 is 0 Å². The molecule has 1 aliphatic carbocycles. The minimum atomic E-state index is -0.414. The molecule has 1 fully saturated rings. The number of thiazole rings is 1. The van der Waals surface area contributed by atoms with Crippen LogP contribution < -0.4 is 10.6 Å². The summed E-state index contributed by atoms with van der Waals surface area (Å²) in [6.45, 7) is 0. The van der Waals surface area contributed by atoms with Crippen LogP contribution in [0.15, 0.2) is 23.8 Å². The van der Waals surface area contributed by atoms with Gasteiger partial charge in [0.15, 0.2) is 5.13 Å². The number of hydrogen-bond donors (Lipinski definition) is 2. The number of nitrogens with zero attached hydrogens (tertiary/aromatic N) is 3. The molecule has 1 saturated carbocycles. The lowest BCUT2D eigenvalue weighted by atomic mass is 9.95. The molecule has 1 aliphatic rings. The lowest BCUT2D eigenvalue weighted by Gasteiger charge is -2.22. The van der Waals surface area contributed by atoms with Crippen LogP contribution in [0.2, 0.25) is 0 Å². The number of nitrogens with one attached hydrogen (secondary N) is 2. The van der Waals surface area contributed by atoms with Crippen molar-refractivity contribution in [1.29, 1.82) is 0 Å². The molecule has 0 radical (unpaired) electrons. The van der Waals surface area contributed by atoms with E-state index in [4.69, 9.17) is 0 Å². The summed E-state index contributed by atoms with van der Waals surface area (Å²) < 4.78 is 0. The Morgan fingerprint density at radius 3 is 2.67 bits per heavy atom. The molecule has 0 saturated heterocycles. The van der Waals surface area contributed by atoms with Crippen LogP contribution in [-0.2, 0) is 11.2 Å². The number of anilines is 1. The Morgan fingerprint density at radius 2 is 1.92 bits per heavy atom. The third kappa shape index (κ3) is 4.58. The minimum Gasteiger partial charge on any atom is -0.353 e. The first kappa shape index (κ1) is 16.5. The first-order valence-electron chi connectivity index (χ1n) is 8.03. The first-order valence-corrected chi connectivity index (χ1v) is 8.91. The van der Waals surface area contributed by atoms with E-state index < -0.39 is 5.91 Å². The van der Waals surface area contributed by atoms with E-state index in [9.17, 15) is 9.59 Å². The summed E-state index contributed by atoms with van der Waals surface area (Å²) in [6, 6.07) is 1.93. The van der Waals surface area contributed by atoms with E-state index in [-0.39, 0.29) is 18.2 Å². The fourth-order valence-electron chi connectivity index (χ4n) is 2.71. The zero-order valence-corrected chi connectivity index (χ0v) is 14.0. The van der Waals surface area contributed by atoms with Crippen molar-refractivity contribution in [2.24, 2.45) is 0 Å². The van der Waals surface area contributed by atoms with Gasteiger partial charge in [-0.05, 0) is 18.9 Å². The molecule has 0 spiro atoms. The molecule has 8 heteroatoms. The Kier molecular flexibility index (Phi) is 5.47. The third-order valence-corrected chi connectivity index (χ3v) is 4.66. The molecule has 0 bridgehead atoms. The van der Waals surface area contributed by atoms with Gasteiger partial charge in [-0.1, -0.05) is 19.3 Å². The number of carbonyl (C=O) groups is 2. The fourth-order valence-corrected chi connectivity index (χ4v) is 3.41. The van der Waals surface area contributed by atoms with Gasteiger partial charge < -0.3 is 5.32 Å². The van der Waals surface area contributed by atoms with Crippen LogP contribution in [0, 0.1) is 0 Å². The largest absolute Gasteiger partial charge is 0.353 e. The standard InChI is InChI=1S/C16H19N5O2S/c22-13(19-11-5-2-1-3-6-11)9-12-10-24-16(20-12)21-15(23)14-17-7-4-8-18-14/h4,7-8,10-11H,1-3,5-6,9H2,(H,19,22)(H,20,21,23). The van der Waals surface area contributed by atoms with Crippen molar-refractivity contribution in [2.45, 2.75) is 44.6 Å². The summed E-state index contributed by atoms with van der Waals surface area (Å²) >= 11 is 1.28. The number of hydrogen-bond acceptors (Lipinski definition) is 6. The third-order valence-electron chi connectivity index (χ3n) is 3.85. The van der Waals surface area contributed by atoms with Crippen molar-refractivity contribution < 1.29 is 9.59 Å². The maximum absolute atomic E-state index is 12.1. The second-order valence-electron chi connectivity index (χ2n) is 5.75. The summed E-state index contributed by atoms with van der Waals surface area (Å²) in [4.78, 5) is 36.1. The number of amides is 2. The van der Waals surface area contributed by atoms with Crippen molar-refractivity contribution >= 4 is 28.3 Å². The van der Waals surface area contributed by atoms with Crippen LogP contribution in [0.4, 0.5) is 5.13 Å². The molecular formula is C16H19N5O2S. The van der Waals surface area contributed by atoms with Crippen LogP contribution >= 0.6 is 11.3 Å². The van der Waals surface area contributed by atoms with Gasteiger partial charge in [-0.15, -0.1) is 11.3 Å². The van der Waals surface area contributed by atoms with Gasteiger partial charge in [-0.2, -0.15) is 0 Å². The Labute approximate surface area is 143 Å². The smallest absolute Gasteiger partial charge is 0.295 e. The van der Waals surface area contributed by atoms with Gasteiger partial charge in [-0.25, -0.2) is 15.0 Å². The topological polar surface area (TPSA) is 96.9 Å². The molecule has 0 unspecified atom stereocenters. The molecule has 0 atom stereocenters. The summed E-state index contributed by atoms with van der Waals surface area (Å²) in [5.74, 6) is -0.344. The van der Waals surface area contributed by atoms with Gasteiger partial charge in [0.05, 0.1) is 12.1 Å². The summed E-state index contributed by atoms with van der Waals surface area (Å²) in [5, 5.41) is 7.92. The van der Waals surface area contributed by atoms with Gasteiger partial charge in [-0.3, -0.25) is 14.9 Å². The van der Waals surface area contributed by atoms with Gasteiger partial charge >= 0.3 is 0 Å². The van der Waals surface area contributed by atoms with Gasteiger partial charge in [0, 0.05) is 23.8 Å². The van der Waals surface area contributed by atoms with E-state index in [1.54, 1.807) is 11.4 Å². The summed E-state index contributed by atoms with van der Waals surface area (Å²) in [7, 11) is 0. The monoisotopic (exact) mass is 345 g/mol. The Hall–Kier alpha value is -2.35. The molecule has 126 valence electrons. The number of carbonyl (C=O) groups excluding carboxylic acids is 2. The van der Waals surface area contributed by atoms with E-state index in [1.807, 2.05) is 0 Å². The predicted octanol–water partition coefficient (Wildman–Crippen LogP) is 2.18. The molecule has 24 heavy (non-hydrogen) atoms. The molecular weight excluding hydrogens is 326 g/mol. The van der Waals surface area contributed by atoms with Crippen molar-refractivity contribution in [2.75, 3.05) is 5.32 Å². The van der Waals surface area contributed by atoms with Crippen molar-refractivity contribution in [3.63, 3.8) is 0 Å². The minimum absolute atomic E-state index is 0.0172. The average molecular weight is 345 g/mol. The summed E-state index contributed by atoms with van der Waals surface area (Å²) in [6.07, 6.45) is 8.97. The zero-order valence-electron chi connectivity index (χ0n) is 13.2. The highest BCUT2D eigenvalue weighted by Crippen LogP contribution is 2.19.